The molecule has 0 unspecified atom stereocenters. The molecule has 3 nitrogen and oxygen atoms in total. The number of benzene rings is 1. The molecule has 18 heavy (non-hydrogen) atoms. The Labute approximate surface area is 104 Å². The van der Waals surface area contributed by atoms with E-state index in [1.165, 1.54) is 12.2 Å². The summed E-state index contributed by atoms with van der Waals surface area (Å²) in [6, 6.07) is 6.76. The lowest BCUT2D eigenvalue weighted by molar-refractivity contribution is 0.436. The predicted octanol–water partition coefficient (Wildman–Crippen LogP) is 3.25. The van der Waals surface area contributed by atoms with Gasteiger partial charge in [-0.1, -0.05) is 43.5 Å². The average Bonchev–Trinajstić information content (AvgIpc) is 2.40. The zero-order valence-corrected chi connectivity index (χ0v) is 9.72. The van der Waals surface area contributed by atoms with Crippen LogP contribution in [0.3, 0.4) is 0 Å². The largest absolute Gasteiger partial charge is 0.502 e. The quantitative estimate of drug-likeness (QED) is 0.838. The number of para-hydroxylation sites is 1. The summed E-state index contributed by atoms with van der Waals surface area (Å²) in [6.45, 7) is 7.18. The van der Waals surface area contributed by atoms with Gasteiger partial charge in [-0.3, -0.25) is 4.79 Å². The highest BCUT2D eigenvalue weighted by Gasteiger charge is 2.14. The molecule has 0 saturated carbocycles. The molecule has 0 spiro atoms. The Bertz CT molecular complexity index is 705. The van der Waals surface area contributed by atoms with Crippen LogP contribution in [0, 0.1) is 0 Å². The van der Waals surface area contributed by atoms with Crippen molar-refractivity contribution in [2.24, 2.45) is 0 Å². The minimum absolute atomic E-state index is 0.105. The Hall–Kier alpha value is -2.55. The van der Waals surface area contributed by atoms with Gasteiger partial charge in [0.05, 0.1) is 5.39 Å². The van der Waals surface area contributed by atoms with E-state index in [1.807, 2.05) is 0 Å². The fourth-order valence-electron chi connectivity index (χ4n) is 1.69. The second-order valence-electron chi connectivity index (χ2n) is 3.67. The summed E-state index contributed by atoms with van der Waals surface area (Å²) in [7, 11) is 0. The van der Waals surface area contributed by atoms with Gasteiger partial charge in [-0.05, 0) is 12.1 Å². The van der Waals surface area contributed by atoms with Crippen LogP contribution in [0.2, 0.25) is 0 Å². The van der Waals surface area contributed by atoms with E-state index in [9.17, 15) is 9.90 Å². The maximum atomic E-state index is 12.0. The topological polar surface area (TPSA) is 50.4 Å². The van der Waals surface area contributed by atoms with Crippen LogP contribution in [0.25, 0.3) is 16.5 Å². The molecule has 1 aromatic carbocycles. The normalized spacial score (nSPS) is 11.4. The highest BCUT2D eigenvalue weighted by atomic mass is 16.4. The number of hydrogen-bond acceptors (Lipinski definition) is 3. The van der Waals surface area contributed by atoms with Gasteiger partial charge in [-0.25, -0.2) is 0 Å². The maximum Gasteiger partial charge on any atom is 0.235 e. The van der Waals surface area contributed by atoms with Crippen LogP contribution in [-0.2, 0) is 0 Å². The van der Waals surface area contributed by atoms with Gasteiger partial charge in [0, 0.05) is 5.57 Å². The first kappa shape index (κ1) is 11.9. The van der Waals surface area contributed by atoms with Crippen molar-refractivity contribution in [1.29, 1.82) is 0 Å². The molecule has 3 heteroatoms. The fourth-order valence-corrected chi connectivity index (χ4v) is 1.69. The molecule has 1 N–H and O–H groups in total. The SMILES string of the molecule is C=C/C=C(\C=C)c1oc2ccccc2c(=O)c1O. The van der Waals surface area contributed by atoms with Crippen molar-refractivity contribution in [1.82, 2.24) is 0 Å². The molecule has 0 saturated heterocycles. The molecular formula is C15H12O3. The third-order valence-corrected chi connectivity index (χ3v) is 2.55. The Balaban J connectivity index is 2.85. The molecule has 1 aromatic heterocycles. The van der Waals surface area contributed by atoms with Crippen LogP contribution >= 0.6 is 0 Å². The lowest BCUT2D eigenvalue weighted by atomic mass is 10.1. The zero-order valence-electron chi connectivity index (χ0n) is 9.72. The molecule has 0 aliphatic rings. The van der Waals surface area contributed by atoms with E-state index in [0.29, 0.717) is 16.5 Å². The van der Waals surface area contributed by atoms with E-state index in [2.05, 4.69) is 13.2 Å². The van der Waals surface area contributed by atoms with Gasteiger partial charge in [0.2, 0.25) is 11.2 Å². The summed E-state index contributed by atoms with van der Waals surface area (Å²) in [5, 5.41) is 10.2. The number of fused-ring (bicyclic) bond motifs is 1. The van der Waals surface area contributed by atoms with Crippen LogP contribution in [0.15, 0.2) is 64.9 Å². The molecule has 0 atom stereocenters. The number of allylic oxidation sites excluding steroid dienone is 4. The first-order valence-electron chi connectivity index (χ1n) is 5.39. The van der Waals surface area contributed by atoms with Crippen molar-refractivity contribution >= 4 is 16.5 Å². The summed E-state index contributed by atoms with van der Waals surface area (Å²) in [4.78, 5) is 12.0. The molecule has 90 valence electrons. The maximum absolute atomic E-state index is 12.0. The van der Waals surface area contributed by atoms with E-state index in [0.717, 1.165) is 0 Å². The van der Waals surface area contributed by atoms with Crippen molar-refractivity contribution in [3.8, 4) is 5.75 Å². The molecule has 1 heterocycles. The van der Waals surface area contributed by atoms with E-state index in [4.69, 9.17) is 4.42 Å². The first-order valence-corrected chi connectivity index (χ1v) is 5.39. The second kappa shape index (κ2) is 4.75. The van der Waals surface area contributed by atoms with Gasteiger partial charge in [0.15, 0.2) is 5.76 Å². The monoisotopic (exact) mass is 240 g/mol. The zero-order chi connectivity index (χ0) is 13.1. The van der Waals surface area contributed by atoms with E-state index >= 15 is 0 Å². The summed E-state index contributed by atoms with van der Waals surface area (Å²) in [5.41, 5.74) is 0.473. The molecule has 0 fully saturated rings. The third kappa shape index (κ3) is 1.86. The molecule has 2 rings (SSSR count). The Morgan fingerprint density at radius 3 is 2.67 bits per heavy atom. The first-order chi connectivity index (χ1) is 8.69. The highest BCUT2D eigenvalue weighted by molar-refractivity contribution is 5.83. The fraction of sp³-hybridized carbons (Fsp3) is 0. The smallest absolute Gasteiger partial charge is 0.235 e. The Morgan fingerprint density at radius 1 is 1.28 bits per heavy atom. The lowest BCUT2D eigenvalue weighted by Gasteiger charge is -2.05. The molecule has 2 aromatic rings. The molecule has 0 amide bonds. The van der Waals surface area contributed by atoms with Crippen molar-refractivity contribution in [3.05, 3.63) is 71.6 Å². The van der Waals surface area contributed by atoms with E-state index in [1.54, 1.807) is 30.3 Å². The minimum Gasteiger partial charge on any atom is -0.502 e. The van der Waals surface area contributed by atoms with E-state index < -0.39 is 11.2 Å². The number of rotatable bonds is 3. The minimum atomic E-state index is -0.455. The summed E-state index contributed by atoms with van der Waals surface area (Å²) in [5.74, 6) is -0.310. The van der Waals surface area contributed by atoms with Crippen molar-refractivity contribution in [3.63, 3.8) is 0 Å². The number of aromatic hydroxyl groups is 1. The Morgan fingerprint density at radius 2 is 2.00 bits per heavy atom. The van der Waals surface area contributed by atoms with Crippen LogP contribution < -0.4 is 5.43 Å². The summed E-state index contributed by atoms with van der Waals surface area (Å²) < 4.78 is 5.54. The van der Waals surface area contributed by atoms with Crippen LogP contribution in [0.1, 0.15) is 5.76 Å². The lowest BCUT2D eigenvalue weighted by Crippen LogP contribution is -2.03. The van der Waals surface area contributed by atoms with Crippen LogP contribution in [0.4, 0.5) is 0 Å². The molecule has 0 radical (unpaired) electrons. The summed E-state index contributed by atoms with van der Waals surface area (Å²) >= 11 is 0. The number of hydrogen-bond donors (Lipinski definition) is 1. The van der Waals surface area contributed by atoms with E-state index in [-0.39, 0.29) is 5.76 Å². The molecule has 0 aliphatic carbocycles. The Kier molecular flexibility index (Phi) is 3.15. The van der Waals surface area contributed by atoms with Crippen molar-refractivity contribution < 1.29 is 9.52 Å². The van der Waals surface area contributed by atoms with Crippen molar-refractivity contribution in [2.45, 2.75) is 0 Å². The summed E-state index contributed by atoms with van der Waals surface area (Å²) in [6.07, 6.45) is 4.64. The van der Waals surface area contributed by atoms with Gasteiger partial charge in [-0.15, -0.1) is 0 Å². The second-order valence-corrected chi connectivity index (χ2v) is 3.67. The van der Waals surface area contributed by atoms with Gasteiger partial charge in [0.25, 0.3) is 0 Å². The highest BCUT2D eigenvalue weighted by Crippen LogP contribution is 2.26. The van der Waals surface area contributed by atoms with Crippen LogP contribution in [-0.4, -0.2) is 5.11 Å². The standard InChI is InChI=1S/C15H12O3/c1-3-7-10(4-2)15-14(17)13(16)11-8-5-6-9-12(11)18-15/h3-9,17H,1-2H2/b10-7+. The van der Waals surface area contributed by atoms with Gasteiger partial charge in [0.1, 0.15) is 5.58 Å². The predicted molar refractivity (Wildman–Crippen MR) is 72.5 cm³/mol. The van der Waals surface area contributed by atoms with Gasteiger partial charge < -0.3 is 9.52 Å². The van der Waals surface area contributed by atoms with Crippen LogP contribution in [0.5, 0.6) is 5.75 Å². The van der Waals surface area contributed by atoms with Gasteiger partial charge in [-0.2, -0.15) is 0 Å². The average molecular weight is 240 g/mol. The molecular weight excluding hydrogens is 228 g/mol. The van der Waals surface area contributed by atoms with Crippen molar-refractivity contribution in [2.75, 3.05) is 0 Å². The van der Waals surface area contributed by atoms with Gasteiger partial charge >= 0.3 is 0 Å². The molecule has 0 bridgehead atoms. The molecule has 0 aliphatic heterocycles. The third-order valence-electron chi connectivity index (χ3n) is 2.55.